The zero-order valence-electron chi connectivity index (χ0n) is 9.48. The summed E-state index contributed by atoms with van der Waals surface area (Å²) in [5.74, 6) is 0.989. The Hall–Kier alpha value is -1.02. The number of methoxy groups -OCH3 is 1. The molecule has 0 spiro atoms. The molecule has 1 aromatic rings. The van der Waals surface area contributed by atoms with E-state index in [9.17, 15) is 0 Å². The van der Waals surface area contributed by atoms with Crippen LogP contribution >= 0.6 is 0 Å². The van der Waals surface area contributed by atoms with Crippen LogP contribution in [-0.2, 0) is 6.54 Å². The Morgan fingerprint density at radius 1 is 1.29 bits per heavy atom. The molecule has 0 aliphatic heterocycles. The van der Waals surface area contributed by atoms with Crippen molar-refractivity contribution in [2.75, 3.05) is 13.7 Å². The molecule has 0 radical (unpaired) electrons. The van der Waals surface area contributed by atoms with Gasteiger partial charge in [-0.15, -0.1) is 0 Å². The van der Waals surface area contributed by atoms with Gasteiger partial charge in [0.2, 0.25) is 0 Å². The fourth-order valence-corrected chi connectivity index (χ4v) is 1.62. The van der Waals surface area contributed by atoms with Gasteiger partial charge in [-0.1, -0.05) is 13.0 Å². The highest BCUT2D eigenvalue weighted by molar-refractivity contribution is 5.42. The zero-order valence-corrected chi connectivity index (χ0v) is 9.48. The molecule has 0 saturated carbocycles. The Morgan fingerprint density at radius 2 is 2.00 bits per heavy atom. The molecule has 1 rings (SSSR count). The third-order valence-corrected chi connectivity index (χ3v) is 2.35. The van der Waals surface area contributed by atoms with Crippen LogP contribution in [0.3, 0.4) is 0 Å². The van der Waals surface area contributed by atoms with E-state index in [2.05, 4.69) is 38.2 Å². The minimum Gasteiger partial charge on any atom is -0.496 e. The van der Waals surface area contributed by atoms with Crippen molar-refractivity contribution in [1.82, 2.24) is 5.32 Å². The van der Waals surface area contributed by atoms with E-state index >= 15 is 0 Å². The summed E-state index contributed by atoms with van der Waals surface area (Å²) in [4.78, 5) is 0. The second-order valence-electron chi connectivity index (χ2n) is 3.54. The molecule has 0 bridgehead atoms. The molecule has 0 fully saturated rings. The van der Waals surface area contributed by atoms with Gasteiger partial charge >= 0.3 is 0 Å². The van der Waals surface area contributed by atoms with Gasteiger partial charge < -0.3 is 10.1 Å². The lowest BCUT2D eigenvalue weighted by Gasteiger charge is -2.13. The van der Waals surface area contributed by atoms with Crippen LogP contribution in [0.1, 0.15) is 23.6 Å². The fraction of sp³-hybridized carbons (Fsp3) is 0.500. The van der Waals surface area contributed by atoms with E-state index < -0.39 is 0 Å². The number of benzene rings is 1. The van der Waals surface area contributed by atoms with Gasteiger partial charge in [-0.3, -0.25) is 0 Å². The topological polar surface area (TPSA) is 21.3 Å². The van der Waals surface area contributed by atoms with Crippen molar-refractivity contribution in [2.45, 2.75) is 27.3 Å². The molecule has 0 amide bonds. The smallest absolute Gasteiger partial charge is 0.123 e. The van der Waals surface area contributed by atoms with E-state index in [1.807, 2.05) is 0 Å². The number of aryl methyl sites for hydroxylation is 2. The molecule has 1 N–H and O–H groups in total. The van der Waals surface area contributed by atoms with Crippen LogP contribution in [0.25, 0.3) is 0 Å². The molecular weight excluding hydrogens is 174 g/mol. The lowest BCUT2D eigenvalue weighted by Crippen LogP contribution is -2.13. The normalized spacial score (nSPS) is 10.3. The van der Waals surface area contributed by atoms with Gasteiger partial charge in [0.05, 0.1) is 7.11 Å². The van der Waals surface area contributed by atoms with Crippen molar-refractivity contribution in [1.29, 1.82) is 0 Å². The second kappa shape index (κ2) is 5.01. The molecule has 0 atom stereocenters. The first kappa shape index (κ1) is 11.1. The van der Waals surface area contributed by atoms with Crippen LogP contribution in [-0.4, -0.2) is 13.7 Å². The summed E-state index contributed by atoms with van der Waals surface area (Å²) in [7, 11) is 1.73. The largest absolute Gasteiger partial charge is 0.496 e. The second-order valence-corrected chi connectivity index (χ2v) is 3.54. The third-order valence-electron chi connectivity index (χ3n) is 2.35. The summed E-state index contributed by atoms with van der Waals surface area (Å²) < 4.78 is 5.36. The first-order valence-corrected chi connectivity index (χ1v) is 5.03. The van der Waals surface area contributed by atoms with Crippen LogP contribution in [0.15, 0.2) is 12.1 Å². The minimum atomic E-state index is 0.881. The molecule has 1 aromatic carbocycles. The van der Waals surface area contributed by atoms with Crippen LogP contribution < -0.4 is 10.1 Å². The number of rotatable bonds is 4. The van der Waals surface area contributed by atoms with E-state index in [1.165, 1.54) is 16.7 Å². The number of hydrogen-bond donors (Lipinski definition) is 1. The first-order valence-electron chi connectivity index (χ1n) is 5.03. The van der Waals surface area contributed by atoms with Crippen LogP contribution in [0.5, 0.6) is 5.75 Å². The Balaban J connectivity index is 2.99. The van der Waals surface area contributed by atoms with Crippen LogP contribution in [0.2, 0.25) is 0 Å². The van der Waals surface area contributed by atoms with Crippen LogP contribution in [0.4, 0.5) is 0 Å². The zero-order chi connectivity index (χ0) is 10.6. The quantitative estimate of drug-likeness (QED) is 0.793. The highest BCUT2D eigenvalue weighted by Crippen LogP contribution is 2.23. The van der Waals surface area contributed by atoms with Crippen molar-refractivity contribution in [3.63, 3.8) is 0 Å². The summed E-state index contributed by atoms with van der Waals surface area (Å²) in [6.07, 6.45) is 0. The number of nitrogens with one attached hydrogen (secondary N) is 1. The molecule has 2 nitrogen and oxygen atoms in total. The third kappa shape index (κ3) is 2.48. The molecule has 0 aliphatic carbocycles. The maximum atomic E-state index is 5.36. The molecular formula is C12H19NO. The average Bonchev–Trinajstić information content (AvgIpc) is 2.15. The van der Waals surface area contributed by atoms with Crippen molar-refractivity contribution in [2.24, 2.45) is 0 Å². The van der Waals surface area contributed by atoms with Gasteiger partial charge in [-0.05, 0) is 37.6 Å². The van der Waals surface area contributed by atoms with Gasteiger partial charge in [0.1, 0.15) is 5.75 Å². The molecule has 2 heteroatoms. The molecule has 0 aromatic heterocycles. The minimum absolute atomic E-state index is 0.881. The first-order chi connectivity index (χ1) is 6.69. The standard InChI is InChI=1S/C12H19NO/c1-5-13-8-11-10(3)6-9(2)7-12(11)14-4/h6-7,13H,5,8H2,1-4H3. The van der Waals surface area contributed by atoms with Gasteiger partial charge in [-0.25, -0.2) is 0 Å². The Labute approximate surface area is 86.3 Å². The van der Waals surface area contributed by atoms with E-state index in [0.717, 1.165) is 18.8 Å². The predicted molar refractivity (Wildman–Crippen MR) is 59.8 cm³/mol. The van der Waals surface area contributed by atoms with Gasteiger partial charge in [0.25, 0.3) is 0 Å². The summed E-state index contributed by atoms with van der Waals surface area (Å²) >= 11 is 0. The summed E-state index contributed by atoms with van der Waals surface area (Å²) in [5.41, 5.74) is 3.81. The summed E-state index contributed by atoms with van der Waals surface area (Å²) in [5, 5.41) is 3.32. The SMILES string of the molecule is CCNCc1c(C)cc(C)cc1OC. The molecule has 0 saturated heterocycles. The van der Waals surface area contributed by atoms with E-state index in [1.54, 1.807) is 7.11 Å². The van der Waals surface area contributed by atoms with Crippen molar-refractivity contribution < 1.29 is 4.74 Å². The Bertz CT molecular complexity index is 307. The summed E-state index contributed by atoms with van der Waals surface area (Å²) in [6.45, 7) is 8.19. The van der Waals surface area contributed by atoms with E-state index in [0.29, 0.717) is 0 Å². The fourth-order valence-electron chi connectivity index (χ4n) is 1.62. The van der Waals surface area contributed by atoms with Gasteiger partial charge in [-0.2, -0.15) is 0 Å². The van der Waals surface area contributed by atoms with E-state index in [-0.39, 0.29) is 0 Å². The predicted octanol–water partition coefficient (Wildman–Crippen LogP) is 2.42. The van der Waals surface area contributed by atoms with Crippen molar-refractivity contribution in [3.8, 4) is 5.75 Å². The number of ether oxygens (including phenoxy) is 1. The van der Waals surface area contributed by atoms with Gasteiger partial charge in [0.15, 0.2) is 0 Å². The highest BCUT2D eigenvalue weighted by Gasteiger charge is 2.06. The van der Waals surface area contributed by atoms with Gasteiger partial charge in [0, 0.05) is 12.1 Å². The lowest BCUT2D eigenvalue weighted by molar-refractivity contribution is 0.407. The molecule has 0 heterocycles. The Morgan fingerprint density at radius 3 is 2.57 bits per heavy atom. The lowest BCUT2D eigenvalue weighted by atomic mass is 10.0. The highest BCUT2D eigenvalue weighted by atomic mass is 16.5. The number of hydrogen-bond acceptors (Lipinski definition) is 2. The molecule has 78 valence electrons. The maximum Gasteiger partial charge on any atom is 0.123 e. The van der Waals surface area contributed by atoms with Crippen molar-refractivity contribution in [3.05, 3.63) is 28.8 Å². The summed E-state index contributed by atoms with van der Waals surface area (Å²) in [6, 6.07) is 4.27. The maximum absolute atomic E-state index is 5.36. The monoisotopic (exact) mass is 193 g/mol. The molecule has 14 heavy (non-hydrogen) atoms. The Kier molecular flexibility index (Phi) is 3.96. The molecule has 0 aliphatic rings. The van der Waals surface area contributed by atoms with E-state index in [4.69, 9.17) is 4.74 Å². The average molecular weight is 193 g/mol. The van der Waals surface area contributed by atoms with Crippen molar-refractivity contribution >= 4 is 0 Å². The molecule has 0 unspecified atom stereocenters. The van der Waals surface area contributed by atoms with Crippen LogP contribution in [0, 0.1) is 13.8 Å².